The minimum Gasteiger partial charge on any atom is -0.493 e. The minimum atomic E-state index is -0.591. The van der Waals surface area contributed by atoms with Crippen molar-refractivity contribution in [3.63, 3.8) is 0 Å². The van der Waals surface area contributed by atoms with Crippen LogP contribution in [0.25, 0.3) is 0 Å². The van der Waals surface area contributed by atoms with Crippen LogP contribution in [0.15, 0.2) is 41.5 Å². The molecule has 1 saturated heterocycles. The SMILES string of the molecule is COc1cccc2c1O[C@]1(CCOC(C)(C)C1)N1N=C(c3ccc(Cl)c(Cl)c3)C[C@@H]21. The van der Waals surface area contributed by atoms with Crippen LogP contribution in [-0.4, -0.2) is 35.8 Å². The van der Waals surface area contributed by atoms with Crippen LogP contribution < -0.4 is 9.47 Å². The highest BCUT2D eigenvalue weighted by Crippen LogP contribution is 2.54. The molecule has 3 heterocycles. The summed E-state index contributed by atoms with van der Waals surface area (Å²) in [6.45, 7) is 4.81. The zero-order chi connectivity index (χ0) is 21.1. The van der Waals surface area contributed by atoms with Gasteiger partial charge in [-0.2, -0.15) is 5.10 Å². The Labute approximate surface area is 186 Å². The summed E-state index contributed by atoms with van der Waals surface area (Å²) in [5, 5.41) is 8.29. The van der Waals surface area contributed by atoms with Gasteiger partial charge in [0.1, 0.15) is 0 Å². The number of methoxy groups -OCH3 is 1. The topological polar surface area (TPSA) is 43.3 Å². The molecule has 7 heteroatoms. The molecule has 3 aliphatic rings. The molecule has 2 atom stereocenters. The molecule has 0 N–H and O–H groups in total. The summed E-state index contributed by atoms with van der Waals surface area (Å²) in [6.07, 6.45) is 2.18. The summed E-state index contributed by atoms with van der Waals surface area (Å²) in [4.78, 5) is 0. The standard InChI is InChI=1S/C23H24Cl2N2O3/c1-22(2)13-23(9-10-29-22)27-19(15-5-4-6-20(28-3)21(15)30-23)12-18(26-27)14-7-8-16(24)17(25)11-14/h4-8,11,19H,9-10,12-13H2,1-3H3/t19-,23-/m0/s1. The van der Waals surface area contributed by atoms with E-state index in [1.807, 2.05) is 30.3 Å². The van der Waals surface area contributed by atoms with E-state index in [0.29, 0.717) is 23.1 Å². The summed E-state index contributed by atoms with van der Waals surface area (Å²) in [7, 11) is 1.68. The van der Waals surface area contributed by atoms with Gasteiger partial charge in [0.2, 0.25) is 5.72 Å². The van der Waals surface area contributed by atoms with Crippen LogP contribution in [0.3, 0.4) is 0 Å². The Hall–Kier alpha value is -1.95. The molecule has 0 aliphatic carbocycles. The second-order valence-electron chi connectivity index (χ2n) is 8.70. The summed E-state index contributed by atoms with van der Waals surface area (Å²) >= 11 is 12.4. The quantitative estimate of drug-likeness (QED) is 0.581. The lowest BCUT2D eigenvalue weighted by Gasteiger charge is -2.52. The van der Waals surface area contributed by atoms with Gasteiger partial charge >= 0.3 is 0 Å². The third-order valence-corrected chi connectivity index (χ3v) is 6.89. The average Bonchev–Trinajstić information content (AvgIpc) is 3.16. The number of hydrogen-bond acceptors (Lipinski definition) is 5. The van der Waals surface area contributed by atoms with E-state index >= 15 is 0 Å². The largest absolute Gasteiger partial charge is 0.493 e. The van der Waals surface area contributed by atoms with E-state index < -0.39 is 5.72 Å². The molecule has 5 nitrogen and oxygen atoms in total. The van der Waals surface area contributed by atoms with Crippen LogP contribution in [0.4, 0.5) is 0 Å². The molecule has 5 rings (SSSR count). The number of halogens is 2. The van der Waals surface area contributed by atoms with Gasteiger partial charge in [-0.15, -0.1) is 0 Å². The third kappa shape index (κ3) is 3.15. The predicted octanol–water partition coefficient (Wildman–Crippen LogP) is 5.83. The molecule has 0 unspecified atom stereocenters. The number of hydrazone groups is 1. The van der Waals surface area contributed by atoms with Crippen LogP contribution in [-0.2, 0) is 4.74 Å². The van der Waals surface area contributed by atoms with Crippen molar-refractivity contribution in [1.29, 1.82) is 0 Å². The van der Waals surface area contributed by atoms with Crippen molar-refractivity contribution in [3.8, 4) is 11.5 Å². The second-order valence-corrected chi connectivity index (χ2v) is 9.52. The molecule has 158 valence electrons. The lowest BCUT2D eigenvalue weighted by molar-refractivity contribution is -0.212. The highest BCUT2D eigenvalue weighted by atomic mass is 35.5. The van der Waals surface area contributed by atoms with Crippen molar-refractivity contribution in [1.82, 2.24) is 5.01 Å². The van der Waals surface area contributed by atoms with Gasteiger partial charge in [0.25, 0.3) is 0 Å². The first-order valence-corrected chi connectivity index (χ1v) is 10.9. The zero-order valence-corrected chi connectivity index (χ0v) is 18.8. The maximum Gasteiger partial charge on any atom is 0.203 e. The first kappa shape index (κ1) is 20.0. The number of ether oxygens (including phenoxy) is 3. The summed E-state index contributed by atoms with van der Waals surface area (Å²) in [5.41, 5.74) is 2.13. The van der Waals surface area contributed by atoms with Gasteiger partial charge in [0.15, 0.2) is 11.5 Å². The molecule has 0 saturated carbocycles. The molecule has 0 aromatic heterocycles. The van der Waals surface area contributed by atoms with E-state index in [-0.39, 0.29) is 11.6 Å². The molecule has 2 aromatic rings. The number of rotatable bonds is 2. The molecule has 0 bridgehead atoms. The van der Waals surface area contributed by atoms with Crippen molar-refractivity contribution in [3.05, 3.63) is 57.6 Å². The monoisotopic (exact) mass is 446 g/mol. The maximum atomic E-state index is 6.73. The van der Waals surface area contributed by atoms with Crippen LogP contribution in [0.1, 0.15) is 50.3 Å². The number of hydrogen-bond donors (Lipinski definition) is 0. The highest BCUT2D eigenvalue weighted by molar-refractivity contribution is 6.42. The molecular weight excluding hydrogens is 423 g/mol. The van der Waals surface area contributed by atoms with Gasteiger partial charge in [-0.25, -0.2) is 5.01 Å². The molecule has 2 aromatic carbocycles. The molecule has 0 radical (unpaired) electrons. The van der Waals surface area contributed by atoms with Gasteiger partial charge in [-0.05, 0) is 37.6 Å². The fourth-order valence-corrected chi connectivity index (χ4v) is 5.15. The maximum absolute atomic E-state index is 6.73. The molecule has 3 aliphatic heterocycles. The number of nitrogens with zero attached hydrogens (tertiary/aromatic N) is 2. The van der Waals surface area contributed by atoms with Gasteiger partial charge < -0.3 is 14.2 Å². The summed E-state index contributed by atoms with van der Waals surface area (Å²) in [5.74, 6) is 1.56. The van der Waals surface area contributed by atoms with E-state index in [1.165, 1.54) is 0 Å². The number of para-hydroxylation sites is 1. The first-order valence-electron chi connectivity index (χ1n) is 10.1. The Kier molecular flexibility index (Phi) is 4.69. The number of benzene rings is 2. The molecule has 0 amide bonds. The van der Waals surface area contributed by atoms with Crippen molar-refractivity contribution < 1.29 is 14.2 Å². The van der Waals surface area contributed by atoms with Gasteiger partial charge in [-0.1, -0.05) is 41.4 Å². The van der Waals surface area contributed by atoms with Gasteiger partial charge in [0, 0.05) is 24.8 Å². The molecule has 1 fully saturated rings. The molecule has 1 spiro atoms. The van der Waals surface area contributed by atoms with Crippen LogP contribution in [0.2, 0.25) is 10.0 Å². The Balaban J connectivity index is 1.63. The van der Waals surface area contributed by atoms with Crippen molar-refractivity contribution in [2.45, 2.75) is 50.5 Å². The lowest BCUT2D eigenvalue weighted by atomic mass is 9.86. The predicted molar refractivity (Wildman–Crippen MR) is 118 cm³/mol. The van der Waals surface area contributed by atoms with Crippen LogP contribution in [0.5, 0.6) is 11.5 Å². The Bertz CT molecular complexity index is 1040. The normalized spacial score (nSPS) is 26.6. The Morgan fingerprint density at radius 1 is 1.17 bits per heavy atom. The Morgan fingerprint density at radius 2 is 2.00 bits per heavy atom. The van der Waals surface area contributed by atoms with E-state index in [2.05, 4.69) is 24.9 Å². The van der Waals surface area contributed by atoms with Crippen LogP contribution in [0, 0.1) is 0 Å². The van der Waals surface area contributed by atoms with E-state index in [1.54, 1.807) is 7.11 Å². The lowest BCUT2D eigenvalue weighted by Crippen LogP contribution is -2.60. The minimum absolute atomic E-state index is 0.0576. The fourth-order valence-electron chi connectivity index (χ4n) is 4.85. The molecule has 30 heavy (non-hydrogen) atoms. The first-order chi connectivity index (χ1) is 14.3. The van der Waals surface area contributed by atoms with E-state index in [9.17, 15) is 0 Å². The highest BCUT2D eigenvalue weighted by Gasteiger charge is 2.55. The zero-order valence-electron chi connectivity index (χ0n) is 17.2. The fraction of sp³-hybridized carbons (Fsp3) is 0.435. The van der Waals surface area contributed by atoms with Crippen molar-refractivity contribution in [2.75, 3.05) is 13.7 Å². The third-order valence-electron chi connectivity index (χ3n) is 6.15. The smallest absolute Gasteiger partial charge is 0.203 e. The van der Waals surface area contributed by atoms with Crippen molar-refractivity contribution in [2.24, 2.45) is 5.10 Å². The van der Waals surface area contributed by atoms with Gasteiger partial charge in [0.05, 0.1) is 41.1 Å². The van der Waals surface area contributed by atoms with E-state index in [4.69, 9.17) is 42.5 Å². The Morgan fingerprint density at radius 3 is 2.73 bits per heavy atom. The number of fused-ring (bicyclic) bond motifs is 4. The van der Waals surface area contributed by atoms with E-state index in [0.717, 1.165) is 41.2 Å². The second kappa shape index (κ2) is 7.04. The summed E-state index contributed by atoms with van der Waals surface area (Å²) in [6, 6.07) is 11.8. The average molecular weight is 447 g/mol. The van der Waals surface area contributed by atoms with Crippen LogP contribution >= 0.6 is 23.2 Å². The van der Waals surface area contributed by atoms with Crippen molar-refractivity contribution >= 4 is 28.9 Å². The van der Waals surface area contributed by atoms with Gasteiger partial charge in [-0.3, -0.25) is 0 Å². The summed E-state index contributed by atoms with van der Waals surface area (Å²) < 4.78 is 18.4. The molecular formula is C23H24Cl2N2O3.